The van der Waals surface area contributed by atoms with Gasteiger partial charge in [0, 0.05) is 19.3 Å². The van der Waals surface area contributed by atoms with Crippen LogP contribution in [-0.4, -0.2) is 37.2 Å². The molecule has 0 aromatic heterocycles. The van der Waals surface area contributed by atoms with Crippen LogP contribution in [0.5, 0.6) is 0 Å². The molecular weight excluding hydrogens is 877 g/mol. The van der Waals surface area contributed by atoms with Crippen LogP contribution in [0.2, 0.25) is 0 Å². The minimum atomic E-state index is -0.763. The summed E-state index contributed by atoms with van der Waals surface area (Å²) in [5.74, 6) is 0.924. The van der Waals surface area contributed by atoms with E-state index in [1.807, 2.05) is 0 Å². The fourth-order valence-corrected chi connectivity index (χ4v) is 10.1. The van der Waals surface area contributed by atoms with Crippen molar-refractivity contribution in [3.8, 4) is 0 Å². The van der Waals surface area contributed by atoms with E-state index >= 15 is 0 Å². The lowest BCUT2D eigenvalue weighted by Gasteiger charge is -2.18. The molecule has 0 spiro atoms. The first-order valence-corrected chi connectivity index (χ1v) is 32.3. The van der Waals surface area contributed by atoms with E-state index in [9.17, 15) is 14.4 Å². The Morgan fingerprint density at radius 3 is 0.803 bits per heavy atom. The quantitative estimate of drug-likeness (QED) is 0.0343. The number of ether oxygens (including phenoxy) is 3. The van der Waals surface area contributed by atoms with Gasteiger partial charge in [-0.2, -0.15) is 0 Å². The average Bonchev–Trinajstić information content (AvgIpc) is 3.36. The van der Waals surface area contributed by atoms with E-state index in [4.69, 9.17) is 14.2 Å². The Morgan fingerprint density at radius 1 is 0.296 bits per heavy atom. The Morgan fingerprint density at radius 2 is 0.535 bits per heavy atom. The van der Waals surface area contributed by atoms with Gasteiger partial charge in [-0.3, -0.25) is 14.4 Å². The van der Waals surface area contributed by atoms with E-state index in [0.29, 0.717) is 19.3 Å². The summed E-state index contributed by atoms with van der Waals surface area (Å²) in [5, 5.41) is 0. The van der Waals surface area contributed by atoms with Crippen LogP contribution in [-0.2, 0) is 28.6 Å². The molecule has 2 atom stereocenters. The van der Waals surface area contributed by atoms with Crippen molar-refractivity contribution in [2.45, 2.75) is 375 Å². The maximum Gasteiger partial charge on any atom is 0.306 e. The van der Waals surface area contributed by atoms with Gasteiger partial charge in [-0.05, 0) is 31.1 Å². The van der Waals surface area contributed by atoms with Crippen molar-refractivity contribution in [3.63, 3.8) is 0 Å². The van der Waals surface area contributed by atoms with Crippen molar-refractivity contribution in [2.75, 3.05) is 13.2 Å². The van der Waals surface area contributed by atoms with Crippen LogP contribution < -0.4 is 0 Å². The van der Waals surface area contributed by atoms with Crippen LogP contribution in [0.3, 0.4) is 0 Å². The van der Waals surface area contributed by atoms with Gasteiger partial charge in [-0.1, -0.05) is 330 Å². The summed E-state index contributed by atoms with van der Waals surface area (Å²) in [5.41, 5.74) is 0. The number of esters is 3. The zero-order valence-electron chi connectivity index (χ0n) is 48.9. The summed E-state index contributed by atoms with van der Waals surface area (Å²) in [4.78, 5) is 38.3. The number of unbranched alkanes of at least 4 members (excludes halogenated alkanes) is 43. The SMILES string of the molecule is CCCCCCCCCCCCCCCCC(=O)O[C@@H](COC(=O)CCCCCCCCCCCCCCCCCCCCC(C)C)COC(=O)CCCCCCCCCCCCCCCCC(C)CC. The maximum atomic E-state index is 12.9. The first kappa shape index (κ1) is 69.4. The molecule has 71 heavy (non-hydrogen) atoms. The van der Waals surface area contributed by atoms with E-state index in [-0.39, 0.29) is 31.1 Å². The molecule has 0 aliphatic rings. The number of carbonyl (C=O) groups excluding carboxylic acids is 3. The first-order chi connectivity index (χ1) is 34.8. The summed E-state index contributed by atoms with van der Waals surface area (Å²) >= 11 is 0. The standard InChI is InChI=1S/C65H126O6/c1-6-8-9-10-11-12-13-14-25-32-37-42-47-52-57-65(68)71-62(59-70-64(67)56-51-46-41-36-31-27-22-21-24-29-34-39-44-49-54-61(5)7-2)58-69-63(66)55-50-45-40-35-30-26-20-18-16-15-17-19-23-28-33-38-43-48-53-60(3)4/h60-62H,6-59H2,1-5H3/t61?,62-/m0/s1. The van der Waals surface area contributed by atoms with Gasteiger partial charge >= 0.3 is 17.9 Å². The van der Waals surface area contributed by atoms with E-state index in [2.05, 4.69) is 34.6 Å². The molecular formula is C65H126O6. The Hall–Kier alpha value is -1.59. The zero-order chi connectivity index (χ0) is 51.8. The van der Waals surface area contributed by atoms with E-state index in [1.54, 1.807) is 0 Å². The summed E-state index contributed by atoms with van der Waals surface area (Å²) in [6.45, 7) is 11.5. The van der Waals surface area contributed by atoms with E-state index < -0.39 is 6.10 Å². The maximum absolute atomic E-state index is 12.9. The smallest absolute Gasteiger partial charge is 0.306 e. The zero-order valence-corrected chi connectivity index (χ0v) is 48.9. The largest absolute Gasteiger partial charge is 0.462 e. The highest BCUT2D eigenvalue weighted by Gasteiger charge is 2.19. The molecule has 0 saturated heterocycles. The van der Waals surface area contributed by atoms with E-state index in [1.165, 1.54) is 257 Å². The van der Waals surface area contributed by atoms with Gasteiger partial charge in [0.1, 0.15) is 13.2 Å². The van der Waals surface area contributed by atoms with Crippen molar-refractivity contribution < 1.29 is 28.6 Å². The fourth-order valence-electron chi connectivity index (χ4n) is 10.1. The topological polar surface area (TPSA) is 78.9 Å². The predicted octanol–water partition coefficient (Wildman–Crippen LogP) is 21.6. The van der Waals surface area contributed by atoms with Crippen LogP contribution in [0.1, 0.15) is 369 Å². The molecule has 6 heteroatoms. The molecule has 0 N–H and O–H groups in total. The van der Waals surface area contributed by atoms with Crippen LogP contribution in [0.25, 0.3) is 0 Å². The monoisotopic (exact) mass is 1000 g/mol. The van der Waals surface area contributed by atoms with Gasteiger partial charge in [-0.25, -0.2) is 0 Å². The molecule has 422 valence electrons. The Balaban J connectivity index is 4.25. The number of hydrogen-bond acceptors (Lipinski definition) is 6. The number of hydrogen-bond donors (Lipinski definition) is 0. The lowest BCUT2D eigenvalue weighted by atomic mass is 9.99. The van der Waals surface area contributed by atoms with Crippen LogP contribution in [0.15, 0.2) is 0 Å². The van der Waals surface area contributed by atoms with Crippen molar-refractivity contribution in [1.82, 2.24) is 0 Å². The van der Waals surface area contributed by atoms with Gasteiger partial charge in [0.2, 0.25) is 0 Å². The summed E-state index contributed by atoms with van der Waals surface area (Å²) < 4.78 is 17.0. The molecule has 0 aliphatic carbocycles. The van der Waals surface area contributed by atoms with Gasteiger partial charge < -0.3 is 14.2 Å². The molecule has 0 aliphatic heterocycles. The minimum absolute atomic E-state index is 0.0617. The normalized spacial score (nSPS) is 12.4. The number of rotatable bonds is 59. The van der Waals surface area contributed by atoms with Gasteiger partial charge in [-0.15, -0.1) is 0 Å². The molecule has 0 heterocycles. The second-order valence-corrected chi connectivity index (χ2v) is 23.1. The molecule has 0 radical (unpaired) electrons. The van der Waals surface area contributed by atoms with Crippen LogP contribution in [0, 0.1) is 11.8 Å². The van der Waals surface area contributed by atoms with Crippen molar-refractivity contribution in [1.29, 1.82) is 0 Å². The third-order valence-electron chi connectivity index (χ3n) is 15.3. The average molecular weight is 1000 g/mol. The molecule has 0 saturated carbocycles. The van der Waals surface area contributed by atoms with Crippen molar-refractivity contribution >= 4 is 17.9 Å². The number of carbonyl (C=O) groups is 3. The second-order valence-electron chi connectivity index (χ2n) is 23.1. The molecule has 6 nitrogen and oxygen atoms in total. The van der Waals surface area contributed by atoms with Crippen LogP contribution in [0.4, 0.5) is 0 Å². The third-order valence-corrected chi connectivity index (χ3v) is 15.3. The highest BCUT2D eigenvalue weighted by molar-refractivity contribution is 5.71. The van der Waals surface area contributed by atoms with Gasteiger partial charge in [0.25, 0.3) is 0 Å². The summed E-state index contributed by atoms with van der Waals surface area (Å²) in [7, 11) is 0. The van der Waals surface area contributed by atoms with Gasteiger partial charge in [0.15, 0.2) is 6.10 Å². The van der Waals surface area contributed by atoms with Crippen molar-refractivity contribution in [3.05, 3.63) is 0 Å². The Labute approximate surface area is 444 Å². The molecule has 0 aromatic rings. The highest BCUT2D eigenvalue weighted by Crippen LogP contribution is 2.19. The predicted molar refractivity (Wildman–Crippen MR) is 307 cm³/mol. The van der Waals surface area contributed by atoms with Crippen molar-refractivity contribution in [2.24, 2.45) is 11.8 Å². The third kappa shape index (κ3) is 57.5. The summed E-state index contributed by atoms with van der Waals surface area (Å²) in [6.07, 6.45) is 63.8. The minimum Gasteiger partial charge on any atom is -0.462 e. The second kappa shape index (κ2) is 57.7. The molecule has 0 aromatic carbocycles. The Kier molecular flexibility index (Phi) is 56.4. The van der Waals surface area contributed by atoms with E-state index in [0.717, 1.165) is 69.6 Å². The van der Waals surface area contributed by atoms with Gasteiger partial charge in [0.05, 0.1) is 0 Å². The molecule has 0 rings (SSSR count). The lowest BCUT2D eigenvalue weighted by Crippen LogP contribution is -2.30. The molecule has 0 fully saturated rings. The molecule has 0 bridgehead atoms. The first-order valence-electron chi connectivity index (χ1n) is 32.3. The molecule has 0 amide bonds. The highest BCUT2D eigenvalue weighted by atomic mass is 16.6. The Bertz CT molecular complexity index is 1090. The molecule has 1 unspecified atom stereocenters. The fraction of sp³-hybridized carbons (Fsp3) is 0.954. The lowest BCUT2D eigenvalue weighted by molar-refractivity contribution is -0.167. The van der Waals surface area contributed by atoms with Crippen LogP contribution >= 0.6 is 0 Å². The summed E-state index contributed by atoms with van der Waals surface area (Å²) in [6, 6.07) is 0.